The first-order chi connectivity index (χ1) is 9.06. The molecule has 0 amide bonds. The number of nitrogens with zero attached hydrogens (tertiary/aromatic N) is 1. The quantitative estimate of drug-likeness (QED) is 0.647. The summed E-state index contributed by atoms with van der Waals surface area (Å²) in [5.41, 5.74) is 0.668. The summed E-state index contributed by atoms with van der Waals surface area (Å²) in [5.74, 6) is -1.25. The third-order valence-electron chi connectivity index (χ3n) is 2.79. The van der Waals surface area contributed by atoms with E-state index in [1.54, 1.807) is 15.9 Å². The monoisotopic (exact) mass is 360 g/mol. The van der Waals surface area contributed by atoms with Crippen LogP contribution >= 0.6 is 39.5 Å². The molecule has 0 fully saturated rings. The standard InChI is InChI=1S/C12H7BrF2N2S2/c13-7-1-2-19-10(7)5-17-9-4-6(14)3-8(15)11(9)16-12(17)18/h1-4H,5H2,(H,16,18). The first-order valence-corrected chi connectivity index (χ1v) is 7.44. The van der Waals surface area contributed by atoms with E-state index < -0.39 is 11.6 Å². The Morgan fingerprint density at radius 3 is 2.84 bits per heavy atom. The van der Waals surface area contributed by atoms with Crippen molar-refractivity contribution in [3.05, 3.63) is 49.3 Å². The fourth-order valence-corrected chi connectivity index (χ4v) is 3.65. The van der Waals surface area contributed by atoms with Crippen molar-refractivity contribution in [1.82, 2.24) is 9.55 Å². The third kappa shape index (κ3) is 2.26. The van der Waals surface area contributed by atoms with Crippen LogP contribution in [-0.2, 0) is 6.54 Å². The zero-order valence-corrected chi connectivity index (χ0v) is 12.6. The molecule has 2 nitrogen and oxygen atoms in total. The van der Waals surface area contributed by atoms with Gasteiger partial charge in [0.15, 0.2) is 10.6 Å². The summed E-state index contributed by atoms with van der Waals surface area (Å²) in [7, 11) is 0. The van der Waals surface area contributed by atoms with Gasteiger partial charge in [-0.15, -0.1) is 11.3 Å². The van der Waals surface area contributed by atoms with E-state index in [0.29, 0.717) is 16.8 Å². The molecule has 1 N–H and O–H groups in total. The van der Waals surface area contributed by atoms with Gasteiger partial charge in [-0.05, 0) is 45.7 Å². The highest BCUT2D eigenvalue weighted by atomic mass is 79.9. The number of thiophene rings is 1. The van der Waals surface area contributed by atoms with E-state index in [0.717, 1.165) is 15.4 Å². The second kappa shape index (κ2) is 4.81. The lowest BCUT2D eigenvalue weighted by Gasteiger charge is -2.03. The molecule has 19 heavy (non-hydrogen) atoms. The number of aromatic amines is 1. The fraction of sp³-hybridized carbons (Fsp3) is 0.0833. The highest BCUT2D eigenvalue weighted by molar-refractivity contribution is 9.10. The van der Waals surface area contributed by atoms with Crippen molar-refractivity contribution in [2.75, 3.05) is 0 Å². The molecule has 3 rings (SSSR count). The maximum Gasteiger partial charge on any atom is 0.178 e. The maximum atomic E-state index is 13.7. The van der Waals surface area contributed by atoms with E-state index in [-0.39, 0.29) is 5.52 Å². The molecular weight excluding hydrogens is 354 g/mol. The minimum Gasteiger partial charge on any atom is -0.328 e. The lowest BCUT2D eigenvalue weighted by molar-refractivity contribution is 0.590. The van der Waals surface area contributed by atoms with Crippen LogP contribution in [0.5, 0.6) is 0 Å². The Labute approximate surface area is 124 Å². The van der Waals surface area contributed by atoms with Crippen LogP contribution in [0.25, 0.3) is 11.0 Å². The van der Waals surface area contributed by atoms with Gasteiger partial charge in [-0.3, -0.25) is 0 Å². The third-order valence-corrected chi connectivity index (χ3v) is 5.03. The zero-order valence-electron chi connectivity index (χ0n) is 9.41. The van der Waals surface area contributed by atoms with Crippen molar-refractivity contribution in [3.8, 4) is 0 Å². The Balaban J connectivity index is 2.21. The molecule has 0 unspecified atom stereocenters. The number of benzene rings is 1. The van der Waals surface area contributed by atoms with E-state index in [9.17, 15) is 8.78 Å². The summed E-state index contributed by atoms with van der Waals surface area (Å²) in [6, 6.07) is 4.06. The average Bonchev–Trinajstić information content (AvgIpc) is 2.87. The van der Waals surface area contributed by atoms with Gasteiger partial charge in [0.1, 0.15) is 11.3 Å². The maximum absolute atomic E-state index is 13.7. The van der Waals surface area contributed by atoms with E-state index in [1.165, 1.54) is 6.07 Å². The second-order valence-electron chi connectivity index (χ2n) is 3.99. The molecule has 1 aromatic carbocycles. The summed E-state index contributed by atoms with van der Waals surface area (Å²) in [4.78, 5) is 3.82. The number of H-pyrrole nitrogens is 1. The normalized spacial score (nSPS) is 11.3. The zero-order chi connectivity index (χ0) is 13.6. The van der Waals surface area contributed by atoms with E-state index in [2.05, 4.69) is 20.9 Å². The van der Waals surface area contributed by atoms with Crippen molar-refractivity contribution in [2.24, 2.45) is 0 Å². The average molecular weight is 361 g/mol. The molecule has 0 radical (unpaired) electrons. The molecule has 0 aliphatic rings. The van der Waals surface area contributed by atoms with Crippen LogP contribution in [0.15, 0.2) is 28.1 Å². The van der Waals surface area contributed by atoms with Crippen LogP contribution in [0.2, 0.25) is 0 Å². The number of imidazole rings is 1. The number of nitrogens with one attached hydrogen (secondary N) is 1. The van der Waals surface area contributed by atoms with Crippen molar-refractivity contribution in [2.45, 2.75) is 6.54 Å². The molecule has 0 atom stereocenters. The van der Waals surface area contributed by atoms with Crippen LogP contribution in [0, 0.1) is 16.4 Å². The topological polar surface area (TPSA) is 20.7 Å². The number of hydrogen-bond donors (Lipinski definition) is 1. The van der Waals surface area contributed by atoms with E-state index >= 15 is 0 Å². The van der Waals surface area contributed by atoms with Crippen molar-refractivity contribution in [1.29, 1.82) is 0 Å². The Kier molecular flexibility index (Phi) is 3.28. The van der Waals surface area contributed by atoms with Crippen molar-refractivity contribution in [3.63, 3.8) is 0 Å². The molecule has 98 valence electrons. The minimum absolute atomic E-state index is 0.235. The molecule has 0 aliphatic heterocycles. The van der Waals surface area contributed by atoms with Gasteiger partial charge >= 0.3 is 0 Å². The molecule has 2 aromatic heterocycles. The van der Waals surface area contributed by atoms with Crippen LogP contribution in [-0.4, -0.2) is 9.55 Å². The summed E-state index contributed by atoms with van der Waals surface area (Å²) in [6.45, 7) is 0.472. The molecule has 0 spiro atoms. The van der Waals surface area contributed by atoms with Gasteiger partial charge in [-0.2, -0.15) is 0 Å². The van der Waals surface area contributed by atoms with E-state index in [4.69, 9.17) is 12.2 Å². The van der Waals surface area contributed by atoms with Crippen molar-refractivity contribution >= 4 is 50.5 Å². The van der Waals surface area contributed by atoms with Gasteiger partial charge in [-0.1, -0.05) is 0 Å². The fourth-order valence-electron chi connectivity index (χ4n) is 1.92. The lowest BCUT2D eigenvalue weighted by Crippen LogP contribution is -1.98. The molecule has 2 heterocycles. The molecular formula is C12H7BrF2N2S2. The number of fused-ring (bicyclic) bond motifs is 1. The number of halogens is 3. The van der Waals surface area contributed by atoms with Gasteiger partial charge in [0.25, 0.3) is 0 Å². The summed E-state index contributed by atoms with van der Waals surface area (Å²) < 4.78 is 30.0. The molecule has 0 saturated carbocycles. The number of aromatic nitrogens is 2. The Morgan fingerprint density at radius 2 is 2.16 bits per heavy atom. The molecule has 0 aliphatic carbocycles. The lowest BCUT2D eigenvalue weighted by atomic mass is 10.3. The SMILES string of the molecule is Fc1cc(F)c2[nH]c(=S)n(Cc3sccc3Br)c2c1. The highest BCUT2D eigenvalue weighted by Crippen LogP contribution is 2.26. The Morgan fingerprint density at radius 1 is 1.37 bits per heavy atom. The second-order valence-corrected chi connectivity index (χ2v) is 6.23. The number of hydrogen-bond acceptors (Lipinski definition) is 2. The predicted molar refractivity (Wildman–Crippen MR) is 78.2 cm³/mol. The Bertz CT molecular complexity index is 819. The largest absolute Gasteiger partial charge is 0.328 e. The minimum atomic E-state index is -0.634. The van der Waals surface area contributed by atoms with Gasteiger partial charge in [0.2, 0.25) is 0 Å². The first-order valence-electron chi connectivity index (χ1n) is 5.35. The molecule has 3 aromatic rings. The van der Waals surface area contributed by atoms with E-state index in [1.807, 2.05) is 11.4 Å². The molecule has 0 bridgehead atoms. The predicted octanol–water partition coefficient (Wildman–Crippen LogP) is 4.85. The Hall–Kier alpha value is -1.05. The smallest absolute Gasteiger partial charge is 0.178 e. The van der Waals surface area contributed by atoms with Gasteiger partial charge < -0.3 is 9.55 Å². The van der Waals surface area contributed by atoms with Gasteiger partial charge in [0.05, 0.1) is 12.1 Å². The summed E-state index contributed by atoms with van der Waals surface area (Å²) >= 11 is 10.2. The van der Waals surface area contributed by atoms with Crippen LogP contribution in [0.3, 0.4) is 0 Å². The van der Waals surface area contributed by atoms with Crippen LogP contribution < -0.4 is 0 Å². The highest BCUT2D eigenvalue weighted by Gasteiger charge is 2.12. The van der Waals surface area contributed by atoms with Crippen molar-refractivity contribution < 1.29 is 8.78 Å². The summed E-state index contributed by atoms with van der Waals surface area (Å²) in [5, 5.41) is 1.94. The van der Waals surface area contributed by atoms with Gasteiger partial charge in [0, 0.05) is 15.4 Å². The first kappa shape index (κ1) is 13.0. The molecule has 7 heteroatoms. The van der Waals surface area contributed by atoms with Gasteiger partial charge in [-0.25, -0.2) is 8.78 Å². The molecule has 0 saturated heterocycles. The number of rotatable bonds is 2. The van der Waals surface area contributed by atoms with Crippen LogP contribution in [0.4, 0.5) is 8.78 Å². The summed E-state index contributed by atoms with van der Waals surface area (Å²) in [6.07, 6.45) is 0. The van der Waals surface area contributed by atoms with Crippen LogP contribution in [0.1, 0.15) is 4.88 Å².